The molecular formula is C17H22FN3O3. The Hall–Kier alpha value is -1.99. The van der Waals surface area contributed by atoms with Gasteiger partial charge in [-0.25, -0.2) is 4.39 Å². The third-order valence-corrected chi connectivity index (χ3v) is 4.69. The molecule has 2 unspecified atom stereocenters. The number of anilines is 1. The molecule has 6 nitrogen and oxygen atoms in total. The average Bonchev–Trinajstić information content (AvgIpc) is 3.00. The lowest BCUT2D eigenvalue weighted by Crippen LogP contribution is -2.53. The van der Waals surface area contributed by atoms with E-state index >= 15 is 0 Å². The summed E-state index contributed by atoms with van der Waals surface area (Å²) in [5, 5.41) is 12.5. The first-order valence-electron chi connectivity index (χ1n) is 8.21. The van der Waals surface area contributed by atoms with E-state index in [1.165, 1.54) is 13.0 Å². The Morgan fingerprint density at radius 2 is 1.96 bits per heavy atom. The molecule has 2 aliphatic heterocycles. The average molecular weight is 335 g/mol. The number of aliphatic hydroxyl groups is 1. The summed E-state index contributed by atoms with van der Waals surface area (Å²) < 4.78 is 14.2. The van der Waals surface area contributed by atoms with Gasteiger partial charge in [0.2, 0.25) is 5.91 Å². The molecule has 0 spiro atoms. The highest BCUT2D eigenvalue weighted by atomic mass is 19.1. The molecule has 2 atom stereocenters. The number of β-amino-alcohol motifs (C(OH)–C–C–N with tert-alkyl or cyclic N) is 1. The van der Waals surface area contributed by atoms with Crippen LogP contribution in [0.3, 0.4) is 0 Å². The monoisotopic (exact) mass is 335 g/mol. The number of piperazine rings is 1. The summed E-state index contributed by atoms with van der Waals surface area (Å²) in [5.41, 5.74) is 0.817. The van der Waals surface area contributed by atoms with E-state index in [0.29, 0.717) is 50.4 Å². The Morgan fingerprint density at radius 3 is 2.50 bits per heavy atom. The number of benzene rings is 1. The highest BCUT2D eigenvalue weighted by Crippen LogP contribution is 2.23. The lowest BCUT2D eigenvalue weighted by Gasteiger charge is -2.37. The number of amides is 1. The zero-order valence-electron chi connectivity index (χ0n) is 13.7. The van der Waals surface area contributed by atoms with Gasteiger partial charge in [-0.3, -0.25) is 9.59 Å². The highest BCUT2D eigenvalue weighted by Gasteiger charge is 2.33. The van der Waals surface area contributed by atoms with Crippen molar-refractivity contribution in [3.05, 3.63) is 29.6 Å². The fourth-order valence-electron chi connectivity index (χ4n) is 3.28. The van der Waals surface area contributed by atoms with Gasteiger partial charge in [-0.15, -0.1) is 0 Å². The first kappa shape index (κ1) is 16.9. The zero-order chi connectivity index (χ0) is 17.3. The van der Waals surface area contributed by atoms with Crippen molar-refractivity contribution in [1.29, 1.82) is 0 Å². The Kier molecular flexibility index (Phi) is 4.82. The number of hydrogen-bond donors (Lipinski definition) is 2. The minimum absolute atomic E-state index is 0.00130. The number of hydrogen-bond acceptors (Lipinski definition) is 5. The molecule has 0 saturated carbocycles. The SMILES string of the molecule is CC(=O)c1ccc(N2CCN(C(=O)C3CC(O)CN3)CC2)c(F)c1. The van der Waals surface area contributed by atoms with Crippen molar-refractivity contribution in [1.82, 2.24) is 10.2 Å². The molecule has 2 saturated heterocycles. The first-order chi connectivity index (χ1) is 11.5. The maximum absolute atomic E-state index is 14.2. The fourth-order valence-corrected chi connectivity index (χ4v) is 3.28. The normalized spacial score (nSPS) is 24.3. The second-order valence-electron chi connectivity index (χ2n) is 6.39. The van der Waals surface area contributed by atoms with E-state index in [2.05, 4.69) is 5.32 Å². The van der Waals surface area contributed by atoms with Gasteiger partial charge in [-0.05, 0) is 31.5 Å². The lowest BCUT2D eigenvalue weighted by molar-refractivity contribution is -0.133. The molecule has 1 aromatic carbocycles. The second-order valence-corrected chi connectivity index (χ2v) is 6.39. The van der Waals surface area contributed by atoms with E-state index in [4.69, 9.17) is 0 Å². The van der Waals surface area contributed by atoms with Gasteiger partial charge in [0.05, 0.1) is 17.8 Å². The third kappa shape index (κ3) is 3.42. The van der Waals surface area contributed by atoms with Crippen LogP contribution < -0.4 is 10.2 Å². The summed E-state index contributed by atoms with van der Waals surface area (Å²) in [6.07, 6.45) is -0.0191. The van der Waals surface area contributed by atoms with Gasteiger partial charge in [-0.2, -0.15) is 0 Å². The summed E-state index contributed by atoms with van der Waals surface area (Å²) in [6.45, 7) is 3.97. The number of aliphatic hydroxyl groups excluding tert-OH is 1. The van der Waals surface area contributed by atoms with Gasteiger partial charge in [0.15, 0.2) is 5.78 Å². The molecule has 0 aromatic heterocycles. The summed E-state index contributed by atoms with van der Waals surface area (Å²) in [7, 11) is 0. The smallest absolute Gasteiger partial charge is 0.239 e. The van der Waals surface area contributed by atoms with Crippen LogP contribution in [0.4, 0.5) is 10.1 Å². The Morgan fingerprint density at radius 1 is 1.25 bits per heavy atom. The van der Waals surface area contributed by atoms with Gasteiger partial charge in [0, 0.05) is 38.3 Å². The molecule has 0 radical (unpaired) electrons. The van der Waals surface area contributed by atoms with Crippen LogP contribution in [0.1, 0.15) is 23.7 Å². The minimum atomic E-state index is -0.464. The van der Waals surface area contributed by atoms with E-state index in [9.17, 15) is 19.1 Å². The fraction of sp³-hybridized carbons (Fsp3) is 0.529. The maximum Gasteiger partial charge on any atom is 0.239 e. The second kappa shape index (κ2) is 6.86. The van der Waals surface area contributed by atoms with Gasteiger partial charge in [0.1, 0.15) is 5.82 Å². The molecule has 3 rings (SSSR count). The van der Waals surface area contributed by atoms with Gasteiger partial charge < -0.3 is 20.2 Å². The van der Waals surface area contributed by atoms with E-state index < -0.39 is 11.9 Å². The van der Waals surface area contributed by atoms with Crippen molar-refractivity contribution in [2.45, 2.75) is 25.5 Å². The number of rotatable bonds is 3. The largest absolute Gasteiger partial charge is 0.392 e. The molecule has 2 heterocycles. The number of ketones is 1. The van der Waals surface area contributed by atoms with Crippen LogP contribution in [-0.2, 0) is 4.79 Å². The molecular weight excluding hydrogens is 313 g/mol. The molecule has 1 amide bonds. The first-order valence-corrected chi connectivity index (χ1v) is 8.21. The lowest BCUT2D eigenvalue weighted by atomic mass is 10.1. The van der Waals surface area contributed by atoms with Crippen molar-refractivity contribution in [2.75, 3.05) is 37.6 Å². The van der Waals surface area contributed by atoms with Gasteiger partial charge in [0.25, 0.3) is 0 Å². The molecule has 24 heavy (non-hydrogen) atoms. The zero-order valence-corrected chi connectivity index (χ0v) is 13.7. The predicted octanol–water partition coefficient (Wildman–Crippen LogP) is 0.400. The summed E-state index contributed by atoms with van der Waals surface area (Å²) in [4.78, 5) is 27.3. The molecule has 7 heteroatoms. The van der Waals surface area contributed by atoms with E-state index in [-0.39, 0.29) is 17.7 Å². The number of halogens is 1. The maximum atomic E-state index is 14.2. The van der Waals surface area contributed by atoms with Crippen LogP contribution in [0.15, 0.2) is 18.2 Å². The Balaban J connectivity index is 1.61. The third-order valence-electron chi connectivity index (χ3n) is 4.69. The summed E-state index contributed by atoms with van der Waals surface area (Å²) in [6, 6.07) is 4.19. The van der Waals surface area contributed by atoms with E-state index in [1.807, 2.05) is 4.90 Å². The van der Waals surface area contributed by atoms with Gasteiger partial charge >= 0.3 is 0 Å². The summed E-state index contributed by atoms with van der Waals surface area (Å²) >= 11 is 0. The Bertz CT molecular complexity index is 644. The van der Waals surface area contributed by atoms with Crippen LogP contribution in [0.2, 0.25) is 0 Å². The van der Waals surface area contributed by atoms with Crippen molar-refractivity contribution >= 4 is 17.4 Å². The van der Waals surface area contributed by atoms with Crippen molar-refractivity contribution in [3.63, 3.8) is 0 Å². The number of Topliss-reactive ketones (excluding diaryl/α,β-unsaturated/α-hetero) is 1. The summed E-state index contributed by atoms with van der Waals surface area (Å²) in [5.74, 6) is -0.580. The van der Waals surface area contributed by atoms with Crippen LogP contribution in [0.5, 0.6) is 0 Å². The van der Waals surface area contributed by atoms with Crippen molar-refractivity contribution in [3.8, 4) is 0 Å². The predicted molar refractivity (Wildman–Crippen MR) is 87.6 cm³/mol. The van der Waals surface area contributed by atoms with Crippen LogP contribution in [0.25, 0.3) is 0 Å². The minimum Gasteiger partial charge on any atom is -0.392 e. The Labute approximate surface area is 140 Å². The number of carbonyl (C=O) groups excluding carboxylic acids is 2. The van der Waals surface area contributed by atoms with Crippen LogP contribution in [-0.4, -0.2) is 66.6 Å². The molecule has 2 N–H and O–H groups in total. The van der Waals surface area contributed by atoms with E-state index in [0.717, 1.165) is 0 Å². The van der Waals surface area contributed by atoms with E-state index in [1.54, 1.807) is 17.0 Å². The topological polar surface area (TPSA) is 72.9 Å². The molecule has 2 fully saturated rings. The van der Waals surface area contributed by atoms with Crippen molar-refractivity contribution in [2.24, 2.45) is 0 Å². The molecule has 1 aromatic rings. The molecule has 2 aliphatic rings. The van der Waals surface area contributed by atoms with Gasteiger partial charge in [-0.1, -0.05) is 0 Å². The van der Waals surface area contributed by atoms with Crippen molar-refractivity contribution < 1.29 is 19.1 Å². The highest BCUT2D eigenvalue weighted by molar-refractivity contribution is 5.94. The number of nitrogens with zero attached hydrogens (tertiary/aromatic N) is 2. The van der Waals surface area contributed by atoms with Crippen LogP contribution in [0, 0.1) is 5.82 Å². The number of carbonyl (C=O) groups is 2. The number of nitrogens with one attached hydrogen (secondary N) is 1. The molecule has 130 valence electrons. The van der Waals surface area contributed by atoms with Crippen LogP contribution >= 0.6 is 0 Å². The quantitative estimate of drug-likeness (QED) is 0.783. The standard InChI is InChI=1S/C17H22FN3O3/c1-11(22)12-2-3-16(14(18)8-12)20-4-6-21(7-5-20)17(24)15-9-13(23)10-19-15/h2-3,8,13,15,19,23H,4-7,9-10H2,1H3. The molecule has 0 bridgehead atoms. The molecule has 0 aliphatic carbocycles.